The first-order valence-corrected chi connectivity index (χ1v) is 12.2. The van der Waals surface area contributed by atoms with Crippen LogP contribution >= 0.6 is 0 Å². The lowest BCUT2D eigenvalue weighted by molar-refractivity contribution is -0.185. The number of carbonyl (C=O) groups is 1. The summed E-state index contributed by atoms with van der Waals surface area (Å²) >= 11 is 0. The van der Waals surface area contributed by atoms with Gasteiger partial charge in [0.25, 0.3) is 0 Å². The van der Waals surface area contributed by atoms with Gasteiger partial charge in [-0.05, 0) is 86.5 Å². The maximum Gasteiger partial charge on any atom is 0.330 e. The molecule has 3 rings (SSSR count). The number of allylic oxidation sites excluding steroid dienone is 2. The highest BCUT2D eigenvalue weighted by atomic mass is 16.5. The summed E-state index contributed by atoms with van der Waals surface area (Å²) < 4.78 is 5.76. The molecule has 0 aromatic heterocycles. The van der Waals surface area contributed by atoms with Gasteiger partial charge in [0, 0.05) is 11.5 Å². The minimum Gasteiger partial charge on any atom is -0.508 e. The van der Waals surface area contributed by atoms with Gasteiger partial charge in [-0.25, -0.2) is 4.79 Å². The summed E-state index contributed by atoms with van der Waals surface area (Å²) in [5.74, 6) is 0.403. The number of ether oxygens (including phenoxy) is 1. The molecule has 2 fully saturated rings. The summed E-state index contributed by atoms with van der Waals surface area (Å²) in [5, 5.41) is 20.7. The molecule has 0 aliphatic heterocycles. The number of hydrogen-bond acceptors (Lipinski definition) is 4. The van der Waals surface area contributed by atoms with Crippen LogP contribution in [0.1, 0.15) is 71.3 Å². The summed E-state index contributed by atoms with van der Waals surface area (Å²) in [6.07, 6.45) is 11.6. The predicted molar refractivity (Wildman–Crippen MR) is 134 cm³/mol. The van der Waals surface area contributed by atoms with Gasteiger partial charge in [0.15, 0.2) is 0 Å². The zero-order valence-corrected chi connectivity index (χ0v) is 20.5. The number of aromatic hydroxyl groups is 1. The number of hydrogen-bond donors (Lipinski definition) is 2. The van der Waals surface area contributed by atoms with E-state index in [4.69, 9.17) is 4.74 Å². The van der Waals surface area contributed by atoms with E-state index in [0.717, 1.165) is 56.1 Å². The lowest BCUT2D eigenvalue weighted by Gasteiger charge is -2.61. The first-order valence-electron chi connectivity index (χ1n) is 12.2. The molecule has 5 atom stereocenters. The number of fused-ring (bicyclic) bond motifs is 1. The topological polar surface area (TPSA) is 66.8 Å². The van der Waals surface area contributed by atoms with Crippen molar-refractivity contribution in [1.82, 2.24) is 0 Å². The van der Waals surface area contributed by atoms with Gasteiger partial charge in [-0.2, -0.15) is 0 Å². The number of esters is 1. The molecule has 0 radical (unpaired) electrons. The minimum absolute atomic E-state index is 0.00944. The highest BCUT2D eigenvalue weighted by Gasteiger charge is 2.59. The van der Waals surface area contributed by atoms with E-state index in [1.165, 1.54) is 6.08 Å². The third-order valence-electron chi connectivity index (χ3n) is 8.48. The van der Waals surface area contributed by atoms with E-state index in [9.17, 15) is 15.0 Å². The molecule has 0 amide bonds. The molecular formula is C29H40O4. The molecule has 2 aliphatic carbocycles. The lowest BCUT2D eigenvalue weighted by Crippen LogP contribution is -2.59. The molecular weight excluding hydrogens is 412 g/mol. The Bertz CT molecular complexity index is 897. The van der Waals surface area contributed by atoms with Crippen molar-refractivity contribution in [3.8, 4) is 5.75 Å². The number of phenols is 1. The molecule has 1 aromatic rings. The van der Waals surface area contributed by atoms with E-state index >= 15 is 0 Å². The molecule has 2 N–H and O–H groups in total. The average molecular weight is 453 g/mol. The standard InChI is InChI=1S/C29H40O4/c1-6-21(2)8-14-25-28(4)18-7-17-27(3,24(28)16-19-29(25,5)32)20-33-26(31)15-11-22-9-12-23(30)13-10-22/h6,9-13,15,24-25,30,32H,1-2,7-8,14,16-20H2,3-5H3/b15-11-/t24-,25+,27?,28-,29+/m0/s1. The largest absolute Gasteiger partial charge is 0.508 e. The van der Waals surface area contributed by atoms with Crippen LogP contribution in [0.4, 0.5) is 0 Å². The Balaban J connectivity index is 1.71. The maximum absolute atomic E-state index is 12.5. The van der Waals surface area contributed by atoms with E-state index in [-0.39, 0.29) is 28.5 Å². The quantitative estimate of drug-likeness (QED) is 0.270. The third kappa shape index (κ3) is 5.60. The summed E-state index contributed by atoms with van der Waals surface area (Å²) in [5.41, 5.74) is 1.03. The van der Waals surface area contributed by atoms with Gasteiger partial charge in [0.05, 0.1) is 12.2 Å². The maximum atomic E-state index is 12.5. The first kappa shape index (κ1) is 25.3. The van der Waals surface area contributed by atoms with Crippen LogP contribution in [-0.4, -0.2) is 28.4 Å². The highest BCUT2D eigenvalue weighted by molar-refractivity contribution is 5.87. The van der Waals surface area contributed by atoms with Crippen LogP contribution in [0, 0.1) is 22.7 Å². The molecule has 0 saturated heterocycles. The fraction of sp³-hybridized carbons (Fsp3) is 0.552. The smallest absolute Gasteiger partial charge is 0.330 e. The number of benzene rings is 1. The number of phenolic OH excluding ortho intramolecular Hbond substituents is 1. The average Bonchev–Trinajstić information content (AvgIpc) is 2.76. The van der Waals surface area contributed by atoms with E-state index < -0.39 is 5.60 Å². The first-order chi connectivity index (χ1) is 15.5. The van der Waals surface area contributed by atoms with Crippen LogP contribution < -0.4 is 0 Å². The highest BCUT2D eigenvalue weighted by Crippen LogP contribution is 2.63. The van der Waals surface area contributed by atoms with Gasteiger partial charge in [0.1, 0.15) is 5.75 Å². The van der Waals surface area contributed by atoms with Crippen molar-refractivity contribution in [2.75, 3.05) is 6.61 Å². The molecule has 0 heterocycles. The molecule has 180 valence electrons. The normalized spacial score (nSPS) is 33.9. The Morgan fingerprint density at radius 2 is 1.88 bits per heavy atom. The second-order valence-electron chi connectivity index (χ2n) is 10.9. The summed E-state index contributed by atoms with van der Waals surface area (Å²) in [6.45, 7) is 14.9. The molecule has 0 bridgehead atoms. The lowest BCUT2D eigenvalue weighted by atomic mass is 9.45. The Morgan fingerprint density at radius 1 is 1.18 bits per heavy atom. The summed E-state index contributed by atoms with van der Waals surface area (Å²) in [6, 6.07) is 6.69. The Morgan fingerprint density at radius 3 is 2.55 bits per heavy atom. The van der Waals surface area contributed by atoms with Gasteiger partial charge in [0.2, 0.25) is 0 Å². The molecule has 2 saturated carbocycles. The Hall–Kier alpha value is -2.33. The number of rotatable bonds is 8. The SMILES string of the molecule is C=CC(=C)CC[C@@H]1[C@@]2(C)CCCC(C)(COC(=O)/C=C\c3ccc(O)cc3)[C@@H]2CC[C@@]1(C)O. The van der Waals surface area contributed by atoms with Crippen LogP contribution in [-0.2, 0) is 9.53 Å². The second kappa shape index (κ2) is 9.89. The monoisotopic (exact) mass is 452 g/mol. The summed E-state index contributed by atoms with van der Waals surface area (Å²) in [4.78, 5) is 12.5. The van der Waals surface area contributed by atoms with E-state index in [2.05, 4.69) is 27.0 Å². The molecule has 4 heteroatoms. The van der Waals surface area contributed by atoms with Crippen molar-refractivity contribution < 1.29 is 19.7 Å². The minimum atomic E-state index is -0.700. The molecule has 33 heavy (non-hydrogen) atoms. The van der Waals surface area contributed by atoms with Crippen molar-refractivity contribution in [3.63, 3.8) is 0 Å². The van der Waals surface area contributed by atoms with E-state index in [0.29, 0.717) is 12.5 Å². The molecule has 1 unspecified atom stereocenters. The zero-order valence-electron chi connectivity index (χ0n) is 20.5. The van der Waals surface area contributed by atoms with Crippen LogP contribution in [0.15, 0.2) is 55.1 Å². The molecule has 2 aliphatic rings. The Kier molecular flexibility index (Phi) is 7.58. The third-order valence-corrected chi connectivity index (χ3v) is 8.48. The van der Waals surface area contributed by atoms with Gasteiger partial charge < -0.3 is 14.9 Å². The summed E-state index contributed by atoms with van der Waals surface area (Å²) in [7, 11) is 0. The Labute approximate surface area is 199 Å². The van der Waals surface area contributed by atoms with Gasteiger partial charge in [-0.15, -0.1) is 0 Å². The van der Waals surface area contributed by atoms with E-state index in [1.807, 2.05) is 13.0 Å². The van der Waals surface area contributed by atoms with Crippen molar-refractivity contribution in [2.24, 2.45) is 22.7 Å². The second-order valence-corrected chi connectivity index (χ2v) is 10.9. The molecule has 0 spiro atoms. The van der Waals surface area contributed by atoms with Crippen LogP contribution in [0.25, 0.3) is 6.08 Å². The van der Waals surface area contributed by atoms with Crippen molar-refractivity contribution in [1.29, 1.82) is 0 Å². The van der Waals surface area contributed by atoms with Gasteiger partial charge in [-0.1, -0.05) is 57.2 Å². The molecule has 1 aromatic carbocycles. The van der Waals surface area contributed by atoms with Gasteiger partial charge >= 0.3 is 5.97 Å². The number of aliphatic hydroxyl groups is 1. The fourth-order valence-electron chi connectivity index (χ4n) is 6.71. The number of carbonyl (C=O) groups excluding carboxylic acids is 1. The van der Waals surface area contributed by atoms with Crippen molar-refractivity contribution >= 4 is 12.0 Å². The molecule has 4 nitrogen and oxygen atoms in total. The fourth-order valence-corrected chi connectivity index (χ4v) is 6.71. The van der Waals surface area contributed by atoms with E-state index in [1.54, 1.807) is 30.3 Å². The van der Waals surface area contributed by atoms with Crippen molar-refractivity contribution in [3.05, 3.63) is 60.7 Å². The predicted octanol–water partition coefficient (Wildman–Crippen LogP) is 6.44. The van der Waals surface area contributed by atoms with Gasteiger partial charge in [-0.3, -0.25) is 0 Å². The van der Waals surface area contributed by atoms with Crippen LogP contribution in [0.3, 0.4) is 0 Å². The van der Waals surface area contributed by atoms with Crippen LogP contribution in [0.2, 0.25) is 0 Å². The zero-order chi connectivity index (χ0) is 24.3. The van der Waals surface area contributed by atoms with Crippen molar-refractivity contribution in [2.45, 2.75) is 71.3 Å². The van der Waals surface area contributed by atoms with Crippen LogP contribution in [0.5, 0.6) is 5.75 Å².